The van der Waals surface area contributed by atoms with Gasteiger partial charge in [-0.15, -0.1) is 5.53 Å². The lowest BCUT2D eigenvalue weighted by Crippen LogP contribution is -2.36. The number of rotatable bonds is 5. The minimum Gasteiger partial charge on any atom is -0.496 e. The van der Waals surface area contributed by atoms with Crippen LogP contribution in [-0.2, 0) is 6.42 Å². The zero-order valence-corrected chi connectivity index (χ0v) is 13.6. The van der Waals surface area contributed by atoms with Gasteiger partial charge in [-0.25, -0.2) is 0 Å². The molecule has 1 aliphatic rings. The Kier molecular flexibility index (Phi) is 4.05. The van der Waals surface area contributed by atoms with Gasteiger partial charge in [-0.1, -0.05) is 41.6 Å². The highest BCUT2D eigenvalue weighted by atomic mass is 16.5. The Bertz CT molecular complexity index is 891. The van der Waals surface area contributed by atoms with E-state index in [0.29, 0.717) is 18.1 Å². The van der Waals surface area contributed by atoms with Crippen molar-refractivity contribution in [3.8, 4) is 5.75 Å². The number of hydrogen-bond donors (Lipinski definition) is 2. The molecule has 2 aromatic carbocycles. The van der Waals surface area contributed by atoms with E-state index < -0.39 is 0 Å². The molecule has 3 aromatic rings. The molecular weight excluding hydrogens is 318 g/mol. The molecule has 7 heteroatoms. The maximum atomic E-state index is 5.38. The van der Waals surface area contributed by atoms with Gasteiger partial charge in [-0.3, -0.25) is 10.4 Å². The number of methoxy groups -OCH3 is 1. The average Bonchev–Trinajstić information content (AvgIpc) is 3.32. The van der Waals surface area contributed by atoms with E-state index in [1.165, 1.54) is 0 Å². The van der Waals surface area contributed by atoms with Crippen molar-refractivity contribution in [1.82, 2.24) is 21.1 Å². The number of anilines is 1. The maximum Gasteiger partial charge on any atom is 0.231 e. The van der Waals surface area contributed by atoms with Crippen molar-refractivity contribution < 1.29 is 9.26 Å². The quantitative estimate of drug-likeness (QED) is 0.742. The summed E-state index contributed by atoms with van der Waals surface area (Å²) in [6.45, 7) is 0. The number of para-hydroxylation sites is 2. The largest absolute Gasteiger partial charge is 0.496 e. The fraction of sp³-hybridized carbons (Fsp3) is 0.111. The lowest BCUT2D eigenvalue weighted by Gasteiger charge is -2.14. The van der Waals surface area contributed by atoms with Gasteiger partial charge in [0, 0.05) is 5.56 Å². The van der Waals surface area contributed by atoms with Crippen LogP contribution in [-0.4, -0.2) is 17.3 Å². The highest BCUT2D eigenvalue weighted by molar-refractivity contribution is 5.65. The molecule has 0 saturated heterocycles. The van der Waals surface area contributed by atoms with E-state index in [0.717, 1.165) is 22.7 Å². The van der Waals surface area contributed by atoms with E-state index in [1.54, 1.807) is 7.11 Å². The van der Waals surface area contributed by atoms with Crippen molar-refractivity contribution in [2.75, 3.05) is 12.1 Å². The zero-order valence-electron chi connectivity index (χ0n) is 13.6. The van der Waals surface area contributed by atoms with E-state index >= 15 is 0 Å². The lowest BCUT2D eigenvalue weighted by molar-refractivity contribution is 0.377. The number of benzene rings is 2. The van der Waals surface area contributed by atoms with Gasteiger partial charge < -0.3 is 9.26 Å². The van der Waals surface area contributed by atoms with E-state index in [1.807, 2.05) is 65.8 Å². The molecule has 4 rings (SSSR count). The molecule has 1 aromatic heterocycles. The molecule has 0 bridgehead atoms. The zero-order chi connectivity index (χ0) is 17.1. The van der Waals surface area contributed by atoms with E-state index in [2.05, 4.69) is 21.1 Å². The first-order chi connectivity index (χ1) is 12.3. The Morgan fingerprint density at radius 2 is 1.88 bits per heavy atom. The van der Waals surface area contributed by atoms with Crippen LogP contribution < -0.4 is 20.7 Å². The van der Waals surface area contributed by atoms with Gasteiger partial charge in [0.25, 0.3) is 0 Å². The topological polar surface area (TPSA) is 75.5 Å². The highest BCUT2D eigenvalue weighted by Gasteiger charge is 2.19. The molecule has 0 fully saturated rings. The third-order valence-corrected chi connectivity index (χ3v) is 3.85. The van der Waals surface area contributed by atoms with Crippen molar-refractivity contribution in [2.45, 2.75) is 6.42 Å². The van der Waals surface area contributed by atoms with Gasteiger partial charge in [-0.2, -0.15) is 4.98 Å². The molecular formula is C18H17N5O2. The predicted molar refractivity (Wildman–Crippen MR) is 93.3 cm³/mol. The Morgan fingerprint density at radius 3 is 2.72 bits per heavy atom. The van der Waals surface area contributed by atoms with Crippen LogP contribution in [0.25, 0.3) is 5.70 Å². The average molecular weight is 335 g/mol. The smallest absolute Gasteiger partial charge is 0.231 e. The molecule has 2 heterocycles. The van der Waals surface area contributed by atoms with E-state index in [-0.39, 0.29) is 0 Å². The molecule has 1 aliphatic heterocycles. The summed E-state index contributed by atoms with van der Waals surface area (Å²) in [6, 6.07) is 17.7. The standard InChI is InChI=1S/C18H17N5O2/c1-24-16-10-6-5-7-13(16)11-17-19-18(21-25-17)15-12-23(22-20-15)14-8-3-2-4-9-14/h2-10,12,20,22H,11H2,1H3. The molecule has 0 spiro atoms. The Morgan fingerprint density at radius 1 is 1.08 bits per heavy atom. The van der Waals surface area contributed by atoms with Crippen LogP contribution >= 0.6 is 0 Å². The van der Waals surface area contributed by atoms with Gasteiger partial charge in [0.2, 0.25) is 11.7 Å². The van der Waals surface area contributed by atoms with Gasteiger partial charge >= 0.3 is 0 Å². The van der Waals surface area contributed by atoms with E-state index in [9.17, 15) is 0 Å². The fourth-order valence-corrected chi connectivity index (χ4v) is 2.60. The lowest BCUT2D eigenvalue weighted by atomic mass is 10.1. The summed E-state index contributed by atoms with van der Waals surface area (Å²) in [5, 5.41) is 5.91. The summed E-state index contributed by atoms with van der Waals surface area (Å²) in [4.78, 5) is 4.46. The summed E-state index contributed by atoms with van der Waals surface area (Å²) >= 11 is 0. The molecule has 7 nitrogen and oxygen atoms in total. The number of aromatic nitrogens is 2. The second-order valence-corrected chi connectivity index (χ2v) is 5.49. The Labute approximate surface area is 144 Å². The monoisotopic (exact) mass is 335 g/mol. The normalized spacial score (nSPS) is 13.5. The minimum atomic E-state index is 0.496. The Hall–Kier alpha value is -3.32. The van der Waals surface area contributed by atoms with Crippen molar-refractivity contribution in [2.24, 2.45) is 0 Å². The van der Waals surface area contributed by atoms with Crippen LogP contribution in [0.5, 0.6) is 5.75 Å². The summed E-state index contributed by atoms with van der Waals surface area (Å²) in [5.74, 6) is 1.83. The first-order valence-electron chi connectivity index (χ1n) is 7.86. The van der Waals surface area contributed by atoms with Gasteiger partial charge in [0.15, 0.2) is 0 Å². The molecule has 0 atom stereocenters. The van der Waals surface area contributed by atoms with Crippen LogP contribution in [0.1, 0.15) is 17.3 Å². The number of nitrogens with zero attached hydrogens (tertiary/aromatic N) is 3. The molecule has 0 saturated carbocycles. The molecule has 0 amide bonds. The summed E-state index contributed by atoms with van der Waals surface area (Å²) in [7, 11) is 1.65. The molecule has 0 unspecified atom stereocenters. The van der Waals surface area contributed by atoms with Crippen molar-refractivity contribution in [3.63, 3.8) is 0 Å². The molecule has 126 valence electrons. The fourth-order valence-electron chi connectivity index (χ4n) is 2.60. The van der Waals surface area contributed by atoms with Gasteiger partial charge in [-0.05, 0) is 18.2 Å². The third-order valence-electron chi connectivity index (χ3n) is 3.85. The Balaban J connectivity index is 1.52. The summed E-state index contributed by atoms with van der Waals surface area (Å²) in [5.41, 5.74) is 8.83. The number of ether oxygens (including phenoxy) is 1. The van der Waals surface area contributed by atoms with Crippen LogP contribution in [0.4, 0.5) is 5.69 Å². The van der Waals surface area contributed by atoms with Crippen LogP contribution in [0.15, 0.2) is 65.3 Å². The predicted octanol–water partition coefficient (Wildman–Crippen LogP) is 2.50. The van der Waals surface area contributed by atoms with Crippen molar-refractivity contribution >= 4 is 11.4 Å². The minimum absolute atomic E-state index is 0.496. The summed E-state index contributed by atoms with van der Waals surface area (Å²) in [6.07, 6.45) is 2.40. The maximum absolute atomic E-state index is 5.38. The van der Waals surface area contributed by atoms with Crippen LogP contribution in [0.3, 0.4) is 0 Å². The second-order valence-electron chi connectivity index (χ2n) is 5.49. The SMILES string of the molecule is COc1ccccc1Cc1nc(C2=CN(c3ccccc3)NN2)no1. The van der Waals surface area contributed by atoms with Crippen LogP contribution in [0, 0.1) is 0 Å². The molecule has 0 radical (unpaired) electrons. The number of nitrogens with one attached hydrogen (secondary N) is 2. The number of hydrogen-bond acceptors (Lipinski definition) is 7. The van der Waals surface area contributed by atoms with Gasteiger partial charge in [0.05, 0.1) is 25.4 Å². The van der Waals surface area contributed by atoms with Crippen molar-refractivity contribution in [1.29, 1.82) is 0 Å². The molecule has 2 N–H and O–H groups in total. The second kappa shape index (κ2) is 6.66. The van der Waals surface area contributed by atoms with Crippen LogP contribution in [0.2, 0.25) is 0 Å². The first-order valence-corrected chi connectivity index (χ1v) is 7.86. The molecule has 0 aliphatic carbocycles. The highest BCUT2D eigenvalue weighted by Crippen LogP contribution is 2.22. The number of hydrazine groups is 2. The molecule has 25 heavy (non-hydrogen) atoms. The summed E-state index contributed by atoms with van der Waals surface area (Å²) < 4.78 is 10.7. The first kappa shape index (κ1) is 15.2. The van der Waals surface area contributed by atoms with Gasteiger partial charge in [0.1, 0.15) is 11.4 Å². The van der Waals surface area contributed by atoms with Crippen molar-refractivity contribution in [3.05, 3.63) is 78.1 Å². The third kappa shape index (κ3) is 3.17. The van der Waals surface area contributed by atoms with E-state index in [4.69, 9.17) is 9.26 Å².